The van der Waals surface area contributed by atoms with Gasteiger partial charge in [0, 0.05) is 156 Å². The Morgan fingerprint density at radius 1 is 0.480 bits per heavy atom. The number of ether oxygens (including phenoxy) is 3. The van der Waals surface area contributed by atoms with Crippen LogP contribution < -0.4 is 43.3 Å². The SMILES string of the molecule is CC(=O)C1CCC(C2=CB(O)Oc3cnc4c(c32)C=CC4)CC1.CC(C)CS(=O)(=O)NC1CC(C2=CB(O)Oc3cnc4c(c32)C=CC4)C1.CC1CN(C(=O)OC(C)(C)C)CCC1C1=CB(O)Oc2cnc3c(c21)C=CC3.CCCOC(=O)NC1CC(C2=CB(O)Oc3cnc4c(c32)C=CC4)C1.COC1CCC(C2=CB(O)Oc3cnc4c(c32)C=CC4)CC1.O=C(NC1CC(C2=CB(O)Oc3cnc4c(c32)C=CC4)C1)C1CC1(F)F. The van der Waals surface area contributed by atoms with Gasteiger partial charge >= 0.3 is 54.9 Å². The number of halogens is 2. The van der Waals surface area contributed by atoms with Gasteiger partial charge in [-0.1, -0.05) is 101 Å². The third kappa shape index (κ3) is 23.0. The van der Waals surface area contributed by atoms with Crippen LogP contribution in [-0.4, -0.2) is 208 Å². The largest absolute Gasteiger partial charge is 0.552 e. The number of pyridine rings is 6. The molecule has 6 aromatic rings. The summed E-state index contributed by atoms with van der Waals surface area (Å²) in [7, 11) is -7.16. The van der Waals surface area contributed by atoms with Gasteiger partial charge in [-0.2, -0.15) is 0 Å². The van der Waals surface area contributed by atoms with Crippen LogP contribution in [-0.2, 0) is 72.3 Å². The average molecular weight is 2060 g/mol. The fourth-order valence-corrected chi connectivity index (χ4v) is 25.9. The smallest absolute Gasteiger partial charge is 0.531 e. The van der Waals surface area contributed by atoms with Gasteiger partial charge in [0.2, 0.25) is 15.9 Å². The molecule has 13 heterocycles. The molecule has 1 saturated heterocycles. The first-order chi connectivity index (χ1) is 72.0. The highest BCUT2D eigenvalue weighted by Gasteiger charge is 2.62. The highest BCUT2D eigenvalue weighted by Crippen LogP contribution is 2.55. The lowest BCUT2D eigenvalue weighted by atomic mass is 9.68. The number of rotatable bonds is 17. The molecule has 7 fully saturated rings. The summed E-state index contributed by atoms with van der Waals surface area (Å²) < 4.78 is 102. The first-order valence-electron chi connectivity index (χ1n) is 53.2. The zero-order valence-electron chi connectivity index (χ0n) is 86.1. The number of methoxy groups -OCH3 is 1. The van der Waals surface area contributed by atoms with E-state index in [0.717, 1.165) is 246 Å². The number of nitrogens with zero attached hydrogens (tertiary/aromatic N) is 7. The van der Waals surface area contributed by atoms with E-state index in [-0.39, 0.29) is 83.9 Å². The summed E-state index contributed by atoms with van der Waals surface area (Å²) in [5.74, 6) is 12.8. The highest BCUT2D eigenvalue weighted by atomic mass is 32.2. The molecule has 0 bridgehead atoms. The van der Waals surface area contributed by atoms with Gasteiger partial charge in [-0.15, -0.1) is 0 Å². The highest BCUT2D eigenvalue weighted by molar-refractivity contribution is 7.89. The lowest BCUT2D eigenvalue weighted by molar-refractivity contribution is -0.126. The van der Waals surface area contributed by atoms with Crippen LogP contribution in [0.1, 0.15) is 265 Å². The van der Waals surface area contributed by atoms with Gasteiger partial charge in [0.15, 0.2) is 0 Å². The number of piperidine rings is 1. The van der Waals surface area contributed by atoms with Crippen molar-refractivity contribution in [2.24, 2.45) is 59.2 Å². The summed E-state index contributed by atoms with van der Waals surface area (Å²) in [6.45, 7) is 17.0. The Kier molecular flexibility index (Phi) is 30.9. The number of carbonyl (C=O) groups excluding carboxylic acids is 4. The molecule has 9 N–H and O–H groups in total. The average Bonchev–Trinajstić information content (AvgIpc) is 1.86. The molecular formula is C110H128B6F2N10O21S. The van der Waals surface area contributed by atoms with Gasteiger partial charge in [-0.05, 0) is 247 Å². The van der Waals surface area contributed by atoms with Crippen molar-refractivity contribution < 1.29 is 109 Å². The molecule has 40 heteroatoms. The van der Waals surface area contributed by atoms with E-state index in [1.54, 1.807) is 74.0 Å². The van der Waals surface area contributed by atoms with Gasteiger partial charge in [-0.25, -0.2) is 31.5 Å². The maximum atomic E-state index is 13.0. The second-order valence-corrected chi connectivity index (χ2v) is 45.7. The number of sulfonamides is 1. The molecule has 6 aromatic heterocycles. The van der Waals surface area contributed by atoms with Crippen molar-refractivity contribution in [1.82, 2.24) is 50.2 Å². The van der Waals surface area contributed by atoms with Crippen molar-refractivity contribution in [3.63, 3.8) is 0 Å². The minimum atomic E-state index is -3.24. The molecule has 6 saturated carbocycles. The van der Waals surface area contributed by atoms with E-state index in [1.165, 1.54) is 16.7 Å². The normalized spacial score (nSPS) is 25.4. The predicted molar refractivity (Wildman–Crippen MR) is 573 cm³/mol. The molecule has 0 radical (unpaired) electrons. The number of alkyl carbamates (subject to hydrolysis) is 1. The van der Waals surface area contributed by atoms with E-state index in [9.17, 15) is 66.5 Å². The van der Waals surface area contributed by atoms with E-state index in [1.807, 2.05) is 71.6 Å². The summed E-state index contributed by atoms with van der Waals surface area (Å²) in [6.07, 6.45) is 54.0. The molecule has 3 unspecified atom stereocenters. The quantitative estimate of drug-likeness (QED) is 0.0383. The number of ketones is 1. The maximum Gasteiger partial charge on any atom is 0.552 e. The number of Topliss-reactive ketones (excluding diaryl/α,β-unsaturated/α-hetero) is 1. The summed E-state index contributed by atoms with van der Waals surface area (Å²) in [5, 5.41) is 66.0. The molecule has 150 heavy (non-hydrogen) atoms. The van der Waals surface area contributed by atoms with Crippen LogP contribution in [0.4, 0.5) is 18.4 Å². The number of likely N-dealkylation sites (tertiary alicyclic amines) is 1. The number of carbonyl (C=O) groups is 4. The van der Waals surface area contributed by atoms with Crippen LogP contribution in [0, 0.1) is 59.2 Å². The Labute approximate surface area is 875 Å². The fraction of sp³-hybridized carbons (Fsp3) is 0.473. The minimum Gasteiger partial charge on any atom is -0.531 e. The molecule has 12 aliphatic carbocycles. The van der Waals surface area contributed by atoms with Crippen molar-refractivity contribution in [3.05, 3.63) is 210 Å². The molecule has 7 aliphatic heterocycles. The number of allylic oxidation sites excluding steroid dienone is 12. The first kappa shape index (κ1) is 105. The predicted octanol–water partition coefficient (Wildman–Crippen LogP) is 15.0. The summed E-state index contributed by atoms with van der Waals surface area (Å²) in [4.78, 5) is 76.0. The molecule has 31 nitrogen and oxygen atoms in total. The lowest BCUT2D eigenvalue weighted by Crippen LogP contribution is -2.46. The van der Waals surface area contributed by atoms with Crippen LogP contribution in [0.15, 0.2) is 109 Å². The lowest BCUT2D eigenvalue weighted by Gasteiger charge is -2.40. The van der Waals surface area contributed by atoms with Crippen molar-refractivity contribution in [3.8, 4) is 34.5 Å². The minimum absolute atomic E-state index is 0.0430. The Balaban J connectivity index is 0.000000109. The number of aromatic nitrogens is 6. The van der Waals surface area contributed by atoms with Crippen molar-refractivity contribution in [2.45, 2.75) is 239 Å². The Hall–Kier alpha value is -11.9. The number of amides is 3. The first-order valence-corrected chi connectivity index (χ1v) is 54.8. The number of nitrogens with one attached hydrogen (secondary N) is 3. The van der Waals surface area contributed by atoms with Crippen LogP contribution >= 0.6 is 0 Å². The molecule has 0 spiro atoms. The zero-order valence-corrected chi connectivity index (χ0v) is 86.9. The second kappa shape index (κ2) is 44.1. The topological polar surface area (TPSA) is 424 Å². The van der Waals surface area contributed by atoms with Gasteiger partial charge in [0.05, 0.1) is 89.8 Å². The summed E-state index contributed by atoms with van der Waals surface area (Å²) >= 11 is 0. The molecule has 782 valence electrons. The second-order valence-electron chi connectivity index (χ2n) is 43.9. The molecular weight excluding hydrogens is 1930 g/mol. The third-order valence-corrected chi connectivity index (χ3v) is 33.5. The van der Waals surface area contributed by atoms with Gasteiger partial charge in [0.25, 0.3) is 5.92 Å². The van der Waals surface area contributed by atoms with Crippen molar-refractivity contribution in [1.29, 1.82) is 0 Å². The Morgan fingerprint density at radius 2 is 0.800 bits per heavy atom. The zero-order chi connectivity index (χ0) is 105. The fourth-order valence-electron chi connectivity index (χ4n) is 24.2. The number of alkyl halides is 2. The molecule has 0 aromatic carbocycles. The van der Waals surface area contributed by atoms with Gasteiger partial charge in [-0.3, -0.25) is 39.5 Å². The Morgan fingerprint density at radius 3 is 1.11 bits per heavy atom. The number of fused-ring (bicyclic) bond motifs is 18. The summed E-state index contributed by atoms with van der Waals surface area (Å²) in [5.41, 5.74) is 25.3. The van der Waals surface area contributed by atoms with Crippen LogP contribution in [0.5, 0.6) is 34.5 Å². The van der Waals surface area contributed by atoms with Crippen LogP contribution in [0.2, 0.25) is 0 Å². The van der Waals surface area contributed by atoms with Crippen molar-refractivity contribution >= 4 is 147 Å². The number of hydrogen-bond donors (Lipinski definition) is 9. The van der Waals surface area contributed by atoms with E-state index in [4.69, 9.17) is 42.1 Å². The van der Waals surface area contributed by atoms with E-state index < -0.39 is 76.1 Å². The van der Waals surface area contributed by atoms with E-state index in [0.29, 0.717) is 90.8 Å². The Bertz CT molecular complexity index is 6790. The third-order valence-electron chi connectivity index (χ3n) is 31.7. The van der Waals surface area contributed by atoms with Crippen LogP contribution in [0.3, 0.4) is 0 Å². The molecule has 25 rings (SSSR count). The summed E-state index contributed by atoms with van der Waals surface area (Å²) in [6, 6.07) is -0.0266. The van der Waals surface area contributed by atoms with Gasteiger partial charge < -0.3 is 87.8 Å². The molecule has 3 atom stereocenters. The number of hydrogen-bond acceptors (Lipinski definition) is 27. The van der Waals surface area contributed by atoms with E-state index in [2.05, 4.69) is 113 Å². The van der Waals surface area contributed by atoms with E-state index >= 15 is 0 Å². The monoisotopic (exact) mass is 2060 g/mol. The molecule has 3 amide bonds. The van der Waals surface area contributed by atoms with Crippen LogP contribution in [0.25, 0.3) is 69.9 Å². The standard InChI is InChI=1S/C21H27BN2O4.C18H17BF2N2O3.C18H23BN2O4S.C18H21BN2O4.C18H20BNO3.C17H20BNO3/c1-13-12-24(20(25)27-21(2,3)4)9-8-14(13)16-10-22(26)28-18-11-23-17-7-5-6-15(17)19(16)18;20-18(21)6-13(18)17(24)23-10-4-9(5-10)12-7-19(25)26-15-8-22-14-3-1-2-11(14)16(12)15;1-11(2)10-26(23,24)21-13-6-12(7-13)15-8-19(22)25-17-9-20-16-5-3-4-14(16)18(15)17;1-2-6-24-18(22)21-12-7-11(8-12)14-9-19(23)25-16-10-20-15-5-3-4-13(15)17(14)16;1-11(21)12-5-7-13(8-6-12)15-9-19(22)23-17-10-20-16-4-2-3-14(16)18(15)17;1-21-12-7-5-11(6-8-12)14-9-18(20)22-16-10-19-15-4-2-3-13(15)17(14)16/h5-6,10-11,13-14,26H,7-9,12H2,1-4H3;1-2,7-10,13,25H,3-6H2,(H,23,24);3-4,8-9,11-13,21-22H,5-7,10H2,1-2H3;3-4,9-12,23H,2,5-8H2,1H3,(H,21,22);2-3,9-10,12-13,22H,4-8H2,1H3;2-3,9-12,20H,4-8H2,1H3. The van der Waals surface area contributed by atoms with Crippen molar-refractivity contribution in [2.75, 3.05) is 32.6 Å². The maximum absolute atomic E-state index is 13.0. The molecule has 19 aliphatic rings. The van der Waals surface area contributed by atoms with Gasteiger partial charge in [0.1, 0.15) is 51.8 Å².